The first-order chi connectivity index (χ1) is 12.4. The molecule has 0 saturated heterocycles. The smallest absolute Gasteiger partial charge is 0.261 e. The maximum Gasteiger partial charge on any atom is 0.261 e. The van der Waals surface area contributed by atoms with Gasteiger partial charge in [0.15, 0.2) is 6.10 Å². The Morgan fingerprint density at radius 2 is 1.65 bits per heavy atom. The van der Waals surface area contributed by atoms with Crippen molar-refractivity contribution in [2.24, 2.45) is 0 Å². The van der Waals surface area contributed by atoms with Crippen molar-refractivity contribution in [2.75, 3.05) is 0 Å². The molecule has 0 aliphatic carbocycles. The van der Waals surface area contributed by atoms with E-state index in [0.717, 1.165) is 16.3 Å². The minimum Gasteiger partial charge on any atom is -0.481 e. The highest BCUT2D eigenvalue weighted by Gasteiger charge is 2.18. The predicted molar refractivity (Wildman–Crippen MR) is 107 cm³/mol. The monoisotopic (exact) mass is 347 g/mol. The summed E-state index contributed by atoms with van der Waals surface area (Å²) in [5.41, 5.74) is 3.50. The van der Waals surface area contributed by atoms with Crippen LogP contribution >= 0.6 is 0 Å². The third kappa shape index (κ3) is 4.05. The van der Waals surface area contributed by atoms with Gasteiger partial charge >= 0.3 is 0 Å². The van der Waals surface area contributed by atoms with Gasteiger partial charge in [-0.1, -0.05) is 54.1 Å². The molecule has 0 aliphatic rings. The molecule has 0 fully saturated rings. The topological polar surface area (TPSA) is 38.3 Å². The SMILES string of the molecule is Cc1ccc(C)c([C@H](C)NC(=O)[C@@H](C)Oc2ccc3ccccc3c2)c1. The third-order valence-corrected chi connectivity index (χ3v) is 4.66. The van der Waals surface area contributed by atoms with Crippen LogP contribution in [-0.4, -0.2) is 12.0 Å². The first-order valence-corrected chi connectivity index (χ1v) is 8.97. The number of carbonyl (C=O) groups excluding carboxylic acids is 1. The van der Waals surface area contributed by atoms with Crippen LogP contribution in [0.5, 0.6) is 5.75 Å². The van der Waals surface area contributed by atoms with Gasteiger partial charge in [0.2, 0.25) is 0 Å². The Morgan fingerprint density at radius 3 is 2.42 bits per heavy atom. The van der Waals surface area contributed by atoms with Crippen molar-refractivity contribution in [1.82, 2.24) is 5.32 Å². The van der Waals surface area contributed by atoms with Crippen LogP contribution in [0.3, 0.4) is 0 Å². The molecule has 0 spiro atoms. The lowest BCUT2D eigenvalue weighted by atomic mass is 10.00. The van der Waals surface area contributed by atoms with Crippen molar-refractivity contribution >= 4 is 16.7 Å². The Hall–Kier alpha value is -2.81. The van der Waals surface area contributed by atoms with Gasteiger partial charge in [-0.3, -0.25) is 4.79 Å². The van der Waals surface area contributed by atoms with E-state index in [1.807, 2.05) is 43.3 Å². The molecule has 1 N–H and O–H groups in total. The van der Waals surface area contributed by atoms with E-state index >= 15 is 0 Å². The van der Waals surface area contributed by atoms with Gasteiger partial charge in [-0.2, -0.15) is 0 Å². The summed E-state index contributed by atoms with van der Waals surface area (Å²) in [6.45, 7) is 7.90. The van der Waals surface area contributed by atoms with E-state index in [4.69, 9.17) is 4.74 Å². The summed E-state index contributed by atoms with van der Waals surface area (Å²) < 4.78 is 5.86. The zero-order valence-electron chi connectivity index (χ0n) is 15.7. The number of rotatable bonds is 5. The van der Waals surface area contributed by atoms with E-state index in [-0.39, 0.29) is 11.9 Å². The fourth-order valence-corrected chi connectivity index (χ4v) is 3.13. The average Bonchev–Trinajstić information content (AvgIpc) is 2.63. The van der Waals surface area contributed by atoms with Crippen LogP contribution in [0.1, 0.15) is 36.6 Å². The van der Waals surface area contributed by atoms with Crippen LogP contribution in [0.4, 0.5) is 0 Å². The summed E-state index contributed by atoms with van der Waals surface area (Å²) in [5.74, 6) is 0.581. The van der Waals surface area contributed by atoms with Gasteiger partial charge < -0.3 is 10.1 Å². The highest BCUT2D eigenvalue weighted by atomic mass is 16.5. The Bertz CT molecular complexity index is 932. The van der Waals surface area contributed by atoms with Gasteiger partial charge in [-0.05, 0) is 61.7 Å². The van der Waals surface area contributed by atoms with Crippen molar-refractivity contribution < 1.29 is 9.53 Å². The molecule has 0 radical (unpaired) electrons. The predicted octanol–water partition coefficient (Wildman–Crippen LogP) is 5.10. The second-order valence-corrected chi connectivity index (χ2v) is 6.86. The Morgan fingerprint density at radius 1 is 0.923 bits per heavy atom. The molecule has 26 heavy (non-hydrogen) atoms. The van der Waals surface area contributed by atoms with Gasteiger partial charge in [0, 0.05) is 0 Å². The van der Waals surface area contributed by atoms with Crippen LogP contribution in [0.2, 0.25) is 0 Å². The van der Waals surface area contributed by atoms with Crippen LogP contribution < -0.4 is 10.1 Å². The molecule has 3 aromatic rings. The molecule has 0 unspecified atom stereocenters. The molecule has 0 heterocycles. The molecule has 3 nitrogen and oxygen atoms in total. The molecular weight excluding hydrogens is 322 g/mol. The van der Waals surface area contributed by atoms with Crippen molar-refractivity contribution in [3.05, 3.63) is 77.4 Å². The fraction of sp³-hybridized carbons (Fsp3) is 0.261. The second-order valence-electron chi connectivity index (χ2n) is 6.86. The van der Waals surface area contributed by atoms with Crippen LogP contribution in [0.25, 0.3) is 10.8 Å². The quantitative estimate of drug-likeness (QED) is 0.697. The fourth-order valence-electron chi connectivity index (χ4n) is 3.13. The molecule has 2 atom stereocenters. The summed E-state index contributed by atoms with van der Waals surface area (Å²) in [6, 6.07) is 20.2. The number of fused-ring (bicyclic) bond motifs is 1. The lowest BCUT2D eigenvalue weighted by molar-refractivity contribution is -0.127. The minimum absolute atomic E-state index is 0.0648. The zero-order chi connectivity index (χ0) is 18.7. The molecule has 0 aliphatic heterocycles. The number of aryl methyl sites for hydroxylation is 2. The maximum absolute atomic E-state index is 12.6. The number of hydrogen-bond acceptors (Lipinski definition) is 2. The van der Waals surface area contributed by atoms with Crippen LogP contribution in [-0.2, 0) is 4.79 Å². The number of hydrogen-bond donors (Lipinski definition) is 1. The summed E-state index contributed by atoms with van der Waals surface area (Å²) in [4.78, 5) is 12.6. The Kier molecular flexibility index (Phi) is 5.27. The largest absolute Gasteiger partial charge is 0.481 e. The van der Waals surface area contributed by atoms with Crippen molar-refractivity contribution in [2.45, 2.75) is 39.8 Å². The number of amides is 1. The summed E-state index contributed by atoms with van der Waals surface area (Å²) >= 11 is 0. The van der Waals surface area contributed by atoms with Crippen LogP contribution in [0.15, 0.2) is 60.7 Å². The van der Waals surface area contributed by atoms with Crippen LogP contribution in [0, 0.1) is 13.8 Å². The second kappa shape index (κ2) is 7.61. The minimum atomic E-state index is -0.566. The summed E-state index contributed by atoms with van der Waals surface area (Å²) in [5, 5.41) is 5.31. The number of nitrogens with one attached hydrogen (secondary N) is 1. The van der Waals surface area contributed by atoms with E-state index in [0.29, 0.717) is 5.75 Å². The van der Waals surface area contributed by atoms with Crippen molar-refractivity contribution in [3.63, 3.8) is 0 Å². The number of ether oxygens (including phenoxy) is 1. The van der Waals surface area contributed by atoms with E-state index in [1.165, 1.54) is 11.1 Å². The van der Waals surface area contributed by atoms with E-state index in [1.54, 1.807) is 6.92 Å². The molecule has 0 saturated carbocycles. The molecule has 1 amide bonds. The first-order valence-electron chi connectivity index (χ1n) is 8.97. The maximum atomic E-state index is 12.6. The highest BCUT2D eigenvalue weighted by Crippen LogP contribution is 2.22. The third-order valence-electron chi connectivity index (χ3n) is 4.66. The zero-order valence-corrected chi connectivity index (χ0v) is 15.7. The van der Waals surface area contributed by atoms with E-state index < -0.39 is 6.10 Å². The molecule has 3 rings (SSSR count). The lowest BCUT2D eigenvalue weighted by Gasteiger charge is -2.21. The van der Waals surface area contributed by atoms with Crippen molar-refractivity contribution in [1.29, 1.82) is 0 Å². The molecule has 0 aromatic heterocycles. The average molecular weight is 347 g/mol. The Labute approximate surface area is 155 Å². The normalized spacial score (nSPS) is 13.2. The van der Waals surface area contributed by atoms with Gasteiger partial charge in [0.1, 0.15) is 5.75 Å². The molecule has 3 aromatic carbocycles. The highest BCUT2D eigenvalue weighted by molar-refractivity contribution is 5.84. The summed E-state index contributed by atoms with van der Waals surface area (Å²) in [7, 11) is 0. The molecule has 3 heteroatoms. The van der Waals surface area contributed by atoms with Gasteiger partial charge in [0.25, 0.3) is 5.91 Å². The van der Waals surface area contributed by atoms with Gasteiger partial charge in [-0.15, -0.1) is 0 Å². The van der Waals surface area contributed by atoms with Gasteiger partial charge in [-0.25, -0.2) is 0 Å². The molecule has 134 valence electrons. The Balaban J connectivity index is 1.67. The lowest BCUT2D eigenvalue weighted by Crippen LogP contribution is -2.38. The first kappa shape index (κ1) is 18.0. The van der Waals surface area contributed by atoms with Gasteiger partial charge in [0.05, 0.1) is 6.04 Å². The number of carbonyl (C=O) groups is 1. The van der Waals surface area contributed by atoms with E-state index in [9.17, 15) is 4.79 Å². The standard InChI is InChI=1S/C23H25NO2/c1-15-9-10-16(2)22(13-15)17(3)24-23(25)18(4)26-21-12-11-19-7-5-6-8-20(19)14-21/h5-14,17-18H,1-4H3,(H,24,25)/t17-,18+/m0/s1. The molecule has 0 bridgehead atoms. The van der Waals surface area contributed by atoms with E-state index in [2.05, 4.69) is 43.4 Å². The van der Waals surface area contributed by atoms with Crippen molar-refractivity contribution in [3.8, 4) is 5.75 Å². The molecular formula is C23H25NO2. The number of benzene rings is 3. The summed E-state index contributed by atoms with van der Waals surface area (Å²) in [6.07, 6.45) is -0.566.